The van der Waals surface area contributed by atoms with Gasteiger partial charge in [0.05, 0.1) is 17.4 Å². The zero-order valence-corrected chi connectivity index (χ0v) is 21.1. The molecule has 11 heteroatoms. The fourth-order valence-corrected chi connectivity index (χ4v) is 3.55. The van der Waals surface area contributed by atoms with Crippen LogP contribution in [0.5, 0.6) is 0 Å². The first-order chi connectivity index (χ1) is 16.8. The summed E-state index contributed by atoms with van der Waals surface area (Å²) in [5.41, 5.74) is 6.08. The maximum absolute atomic E-state index is 12.8. The van der Waals surface area contributed by atoms with E-state index in [-0.39, 0.29) is 11.3 Å². The molecule has 2 N–H and O–H groups in total. The number of hydrogen-bond acceptors (Lipinski definition) is 6. The van der Waals surface area contributed by atoms with Crippen molar-refractivity contribution < 1.29 is 14.5 Å². The Bertz CT molecular complexity index is 1270. The van der Waals surface area contributed by atoms with Gasteiger partial charge < -0.3 is 0 Å². The largest absolute Gasteiger partial charge is 0.277 e. The third kappa shape index (κ3) is 8.09. The van der Waals surface area contributed by atoms with E-state index in [9.17, 15) is 19.7 Å². The monoisotopic (exact) mass is 597 g/mol. The van der Waals surface area contributed by atoms with Crippen LogP contribution in [-0.4, -0.2) is 29.2 Å². The fourth-order valence-electron chi connectivity index (χ4n) is 2.72. The number of hydrazone groups is 2. The van der Waals surface area contributed by atoms with Gasteiger partial charge >= 0.3 is 0 Å². The summed E-state index contributed by atoms with van der Waals surface area (Å²) in [4.78, 5) is 35.9. The first-order valence-electron chi connectivity index (χ1n) is 9.96. The van der Waals surface area contributed by atoms with Crippen LogP contribution >= 0.6 is 31.9 Å². The number of carbonyl (C=O) groups is 2. The minimum absolute atomic E-state index is 0.116. The van der Waals surface area contributed by atoms with Crippen molar-refractivity contribution in [2.24, 2.45) is 10.2 Å². The lowest BCUT2D eigenvalue weighted by molar-refractivity contribution is -0.384. The van der Waals surface area contributed by atoms with Crippen LogP contribution in [0, 0.1) is 10.1 Å². The maximum atomic E-state index is 12.8. The lowest BCUT2D eigenvalue weighted by atomic mass is 10.1. The molecule has 0 aliphatic rings. The Balaban J connectivity index is 1.80. The molecule has 9 nitrogen and oxygen atoms in total. The maximum Gasteiger partial charge on any atom is 0.277 e. The number of nitro groups is 1. The van der Waals surface area contributed by atoms with Crippen LogP contribution in [0.1, 0.15) is 16.7 Å². The van der Waals surface area contributed by atoms with Gasteiger partial charge in [0, 0.05) is 21.1 Å². The molecule has 0 saturated carbocycles. The number of nitrogens with one attached hydrogen (secondary N) is 2. The predicted molar refractivity (Wildman–Crippen MR) is 141 cm³/mol. The molecular weight excluding hydrogens is 582 g/mol. The second-order valence-corrected chi connectivity index (χ2v) is 8.75. The minimum atomic E-state index is -0.787. The van der Waals surface area contributed by atoms with E-state index in [1.165, 1.54) is 42.8 Å². The van der Waals surface area contributed by atoms with Crippen LogP contribution in [0.15, 0.2) is 97.5 Å². The lowest BCUT2D eigenvalue weighted by Crippen LogP contribution is -2.30. The molecule has 2 amide bonds. The van der Waals surface area contributed by atoms with Gasteiger partial charge in [0.2, 0.25) is 0 Å². The Labute approximate surface area is 217 Å². The smallest absolute Gasteiger partial charge is 0.267 e. The topological polar surface area (TPSA) is 126 Å². The molecule has 176 valence electrons. The number of nitrogens with zero attached hydrogens (tertiary/aromatic N) is 3. The van der Waals surface area contributed by atoms with E-state index >= 15 is 0 Å². The molecule has 0 saturated heterocycles. The summed E-state index contributed by atoms with van der Waals surface area (Å²) in [6, 6.07) is 19.9. The Morgan fingerprint density at radius 1 is 0.771 bits per heavy atom. The highest BCUT2D eigenvalue weighted by atomic mass is 79.9. The Morgan fingerprint density at radius 2 is 1.26 bits per heavy atom. The summed E-state index contributed by atoms with van der Waals surface area (Å²) in [7, 11) is 0. The van der Waals surface area contributed by atoms with Crippen molar-refractivity contribution in [1.82, 2.24) is 10.9 Å². The fraction of sp³-hybridized carbons (Fsp3) is 0. The van der Waals surface area contributed by atoms with Crippen LogP contribution in [0.25, 0.3) is 6.08 Å². The number of amides is 2. The SMILES string of the molecule is O=C(N/N=C/c1cccc(Br)c1)C(=Cc1ccc([N+](=O)[O-])cc1)C(=O)N/N=C/c1cccc(Br)c1. The second kappa shape index (κ2) is 12.5. The molecule has 0 unspecified atom stereocenters. The van der Waals surface area contributed by atoms with E-state index in [1.807, 2.05) is 24.3 Å². The van der Waals surface area contributed by atoms with Crippen LogP contribution in [-0.2, 0) is 9.59 Å². The molecule has 0 bridgehead atoms. The summed E-state index contributed by atoms with van der Waals surface area (Å²) in [6.07, 6.45) is 4.14. The standard InChI is InChI=1S/C24H17Br2N5O4/c25-19-5-1-3-17(11-19)14-27-29-23(32)22(13-16-7-9-21(10-8-16)31(34)35)24(33)30-28-15-18-4-2-6-20(26)12-18/h1-15H,(H,29,32)(H,30,33)/b27-14+,28-15+. The number of hydrogen-bond donors (Lipinski definition) is 2. The van der Waals surface area contributed by atoms with Crippen molar-refractivity contribution in [3.63, 3.8) is 0 Å². The zero-order valence-electron chi connectivity index (χ0n) is 17.9. The van der Waals surface area contributed by atoms with E-state index in [0.29, 0.717) is 5.56 Å². The molecule has 3 rings (SSSR count). The third-order valence-electron chi connectivity index (χ3n) is 4.36. The van der Waals surface area contributed by atoms with E-state index in [0.717, 1.165) is 20.1 Å². The molecule has 3 aromatic rings. The van der Waals surface area contributed by atoms with E-state index < -0.39 is 16.7 Å². The average Bonchev–Trinajstić information content (AvgIpc) is 2.83. The minimum Gasteiger partial charge on any atom is -0.267 e. The Kier molecular flexibility index (Phi) is 9.16. The molecule has 0 atom stereocenters. The van der Waals surface area contributed by atoms with Crippen molar-refractivity contribution in [3.05, 3.63) is 114 Å². The van der Waals surface area contributed by atoms with Crippen molar-refractivity contribution in [3.8, 4) is 0 Å². The van der Waals surface area contributed by atoms with Gasteiger partial charge in [-0.3, -0.25) is 19.7 Å². The number of rotatable bonds is 8. The molecule has 0 aliphatic carbocycles. The van der Waals surface area contributed by atoms with Gasteiger partial charge in [-0.05, 0) is 59.2 Å². The van der Waals surface area contributed by atoms with E-state index in [4.69, 9.17) is 0 Å². The van der Waals surface area contributed by atoms with Gasteiger partial charge in [-0.25, -0.2) is 10.9 Å². The lowest BCUT2D eigenvalue weighted by Gasteiger charge is -2.05. The molecule has 3 aromatic carbocycles. The molecular formula is C24H17Br2N5O4. The summed E-state index contributed by atoms with van der Waals surface area (Å²) >= 11 is 6.70. The van der Waals surface area contributed by atoms with Crippen molar-refractivity contribution >= 4 is 67.9 Å². The normalized spacial score (nSPS) is 10.8. The Hall–Kier alpha value is -3.96. The number of halogens is 2. The first kappa shape index (κ1) is 25.7. The average molecular weight is 599 g/mol. The van der Waals surface area contributed by atoms with Crippen molar-refractivity contribution in [2.45, 2.75) is 0 Å². The summed E-state index contributed by atoms with van der Waals surface area (Å²) < 4.78 is 1.68. The quantitative estimate of drug-likeness (QED) is 0.0964. The molecule has 0 spiro atoms. The molecule has 0 fully saturated rings. The highest BCUT2D eigenvalue weighted by Crippen LogP contribution is 2.15. The van der Waals surface area contributed by atoms with Gasteiger partial charge in [0.1, 0.15) is 5.57 Å². The van der Waals surface area contributed by atoms with Gasteiger partial charge in [-0.2, -0.15) is 10.2 Å². The number of nitro benzene ring substituents is 1. The third-order valence-corrected chi connectivity index (χ3v) is 5.35. The van der Waals surface area contributed by atoms with Gasteiger partial charge in [0.25, 0.3) is 17.5 Å². The van der Waals surface area contributed by atoms with E-state index in [1.54, 1.807) is 24.3 Å². The molecule has 0 aromatic heterocycles. The van der Waals surface area contributed by atoms with Crippen LogP contribution < -0.4 is 10.9 Å². The number of benzene rings is 3. The summed E-state index contributed by atoms with van der Waals surface area (Å²) in [5.74, 6) is -1.57. The van der Waals surface area contributed by atoms with Crippen LogP contribution in [0.4, 0.5) is 5.69 Å². The molecule has 0 radical (unpaired) electrons. The number of carbonyl (C=O) groups excluding carboxylic acids is 2. The molecule has 0 aliphatic heterocycles. The molecule has 35 heavy (non-hydrogen) atoms. The highest BCUT2D eigenvalue weighted by Gasteiger charge is 2.18. The summed E-state index contributed by atoms with van der Waals surface area (Å²) in [6.45, 7) is 0. The van der Waals surface area contributed by atoms with Gasteiger partial charge in [-0.15, -0.1) is 0 Å². The van der Waals surface area contributed by atoms with Crippen molar-refractivity contribution in [1.29, 1.82) is 0 Å². The predicted octanol–water partition coefficient (Wildman–Crippen LogP) is 4.80. The summed E-state index contributed by atoms with van der Waals surface area (Å²) in [5, 5.41) is 18.7. The zero-order chi connectivity index (χ0) is 25.2. The van der Waals surface area contributed by atoms with Gasteiger partial charge in [-0.1, -0.05) is 56.1 Å². The molecule has 0 heterocycles. The van der Waals surface area contributed by atoms with E-state index in [2.05, 4.69) is 52.9 Å². The van der Waals surface area contributed by atoms with Crippen molar-refractivity contribution in [2.75, 3.05) is 0 Å². The highest BCUT2D eigenvalue weighted by molar-refractivity contribution is 9.10. The Morgan fingerprint density at radius 3 is 1.69 bits per heavy atom. The second-order valence-electron chi connectivity index (χ2n) is 6.91. The van der Waals surface area contributed by atoms with Gasteiger partial charge in [0.15, 0.2) is 0 Å². The van der Waals surface area contributed by atoms with Crippen LogP contribution in [0.3, 0.4) is 0 Å². The van der Waals surface area contributed by atoms with Crippen LogP contribution in [0.2, 0.25) is 0 Å². The number of non-ortho nitro benzene ring substituents is 1. The first-order valence-corrected chi connectivity index (χ1v) is 11.5.